The van der Waals surface area contributed by atoms with Gasteiger partial charge in [0.25, 0.3) is 0 Å². The summed E-state index contributed by atoms with van der Waals surface area (Å²) in [5.41, 5.74) is 10.2. The van der Waals surface area contributed by atoms with Gasteiger partial charge in [-0.1, -0.05) is 0 Å². The van der Waals surface area contributed by atoms with E-state index in [1.54, 1.807) is 29.4 Å². The van der Waals surface area contributed by atoms with Gasteiger partial charge in [-0.05, 0) is 23.8 Å². The van der Waals surface area contributed by atoms with Crippen molar-refractivity contribution in [2.45, 2.75) is 12.8 Å². The fraction of sp³-hybridized carbons (Fsp3) is 0.167. The molecular formula is C18H18N8O. The molecular weight excluding hydrogens is 344 g/mol. The molecule has 4 aromatic heterocycles. The number of imidazole rings is 1. The van der Waals surface area contributed by atoms with Gasteiger partial charge >= 0.3 is 0 Å². The zero-order valence-corrected chi connectivity index (χ0v) is 14.5. The van der Waals surface area contributed by atoms with Gasteiger partial charge in [0, 0.05) is 42.8 Å². The van der Waals surface area contributed by atoms with E-state index in [4.69, 9.17) is 5.73 Å². The van der Waals surface area contributed by atoms with Gasteiger partial charge in [-0.3, -0.25) is 9.78 Å². The summed E-state index contributed by atoms with van der Waals surface area (Å²) < 4.78 is 1.71. The number of amides is 1. The number of anilines is 1. The summed E-state index contributed by atoms with van der Waals surface area (Å²) in [6, 6.07) is 5.69. The molecule has 0 aliphatic carbocycles. The summed E-state index contributed by atoms with van der Waals surface area (Å²) in [7, 11) is 0. The molecule has 0 unspecified atom stereocenters. The Balaban J connectivity index is 1.57. The Kier molecular flexibility index (Phi) is 4.48. The van der Waals surface area contributed by atoms with Gasteiger partial charge in [-0.25, -0.2) is 14.5 Å². The molecule has 4 aromatic rings. The van der Waals surface area contributed by atoms with E-state index in [-0.39, 0.29) is 12.3 Å². The van der Waals surface area contributed by atoms with Crippen molar-refractivity contribution in [1.29, 1.82) is 0 Å². The molecule has 0 aliphatic heterocycles. The molecule has 0 spiro atoms. The predicted octanol–water partition coefficient (Wildman–Crippen LogP) is 0.998. The predicted molar refractivity (Wildman–Crippen MR) is 99.6 cm³/mol. The molecule has 136 valence electrons. The molecule has 9 nitrogen and oxygen atoms in total. The Morgan fingerprint density at radius 2 is 2.11 bits per heavy atom. The minimum atomic E-state index is -0.0912. The topological polar surface area (TPSA) is 127 Å². The lowest BCUT2D eigenvalue weighted by Gasteiger charge is -2.05. The van der Waals surface area contributed by atoms with Crippen LogP contribution < -0.4 is 11.1 Å². The van der Waals surface area contributed by atoms with Gasteiger partial charge in [-0.15, -0.1) is 0 Å². The number of nitrogens with two attached hydrogens (primary N) is 1. The number of hydrogen-bond donors (Lipinski definition) is 3. The third-order valence-corrected chi connectivity index (χ3v) is 4.26. The fourth-order valence-corrected chi connectivity index (χ4v) is 3.00. The molecule has 0 aromatic carbocycles. The van der Waals surface area contributed by atoms with Crippen LogP contribution in [-0.2, 0) is 17.6 Å². The number of nitrogen functional groups attached to an aromatic ring is 1. The Morgan fingerprint density at radius 1 is 1.26 bits per heavy atom. The molecule has 0 bridgehead atoms. The zero-order valence-electron chi connectivity index (χ0n) is 14.5. The smallest absolute Gasteiger partial charge is 0.224 e. The van der Waals surface area contributed by atoms with E-state index in [1.165, 1.54) is 6.33 Å². The SMILES string of the molecule is Nc1ncnn2c(-c3ccncc3)cc(CC(=O)NCCc3cnc[nH]3)c12. The van der Waals surface area contributed by atoms with Gasteiger partial charge in [0.2, 0.25) is 5.91 Å². The monoisotopic (exact) mass is 362 g/mol. The van der Waals surface area contributed by atoms with E-state index in [9.17, 15) is 4.79 Å². The van der Waals surface area contributed by atoms with Crippen molar-refractivity contribution in [1.82, 2.24) is 34.9 Å². The largest absolute Gasteiger partial charge is 0.382 e. The van der Waals surface area contributed by atoms with E-state index in [2.05, 4.69) is 30.4 Å². The van der Waals surface area contributed by atoms with Crippen LogP contribution in [0.25, 0.3) is 16.8 Å². The van der Waals surface area contributed by atoms with Gasteiger partial charge in [0.05, 0.1) is 18.4 Å². The number of rotatable bonds is 6. The summed E-state index contributed by atoms with van der Waals surface area (Å²) in [6.45, 7) is 0.524. The van der Waals surface area contributed by atoms with E-state index >= 15 is 0 Å². The quantitative estimate of drug-likeness (QED) is 0.469. The summed E-state index contributed by atoms with van der Waals surface area (Å²) in [4.78, 5) is 27.5. The van der Waals surface area contributed by atoms with Crippen LogP contribution in [0.3, 0.4) is 0 Å². The highest BCUT2D eigenvalue weighted by Gasteiger charge is 2.17. The zero-order chi connectivity index (χ0) is 18.6. The van der Waals surface area contributed by atoms with Crippen LogP contribution >= 0.6 is 0 Å². The molecule has 4 heterocycles. The van der Waals surface area contributed by atoms with Gasteiger partial charge < -0.3 is 16.0 Å². The maximum atomic E-state index is 12.4. The number of carbonyl (C=O) groups is 1. The molecule has 0 saturated carbocycles. The summed E-state index contributed by atoms with van der Waals surface area (Å²) in [5, 5.41) is 7.22. The highest BCUT2D eigenvalue weighted by molar-refractivity contribution is 5.86. The Morgan fingerprint density at radius 3 is 2.89 bits per heavy atom. The Bertz CT molecular complexity index is 1060. The van der Waals surface area contributed by atoms with Crippen LogP contribution in [0.4, 0.5) is 5.82 Å². The van der Waals surface area contributed by atoms with Crippen molar-refractivity contribution < 1.29 is 4.79 Å². The molecule has 4 N–H and O–H groups in total. The van der Waals surface area contributed by atoms with Crippen LogP contribution in [-0.4, -0.2) is 42.0 Å². The molecule has 1 amide bonds. The van der Waals surface area contributed by atoms with Gasteiger partial charge in [0.1, 0.15) is 11.8 Å². The molecule has 0 radical (unpaired) electrons. The fourth-order valence-electron chi connectivity index (χ4n) is 3.00. The second kappa shape index (κ2) is 7.24. The highest BCUT2D eigenvalue weighted by atomic mass is 16.1. The van der Waals surface area contributed by atoms with E-state index in [0.29, 0.717) is 24.3 Å². The first-order valence-electron chi connectivity index (χ1n) is 8.48. The number of H-pyrrole nitrogens is 1. The van der Waals surface area contributed by atoms with Crippen molar-refractivity contribution in [2.24, 2.45) is 0 Å². The number of hydrogen-bond acceptors (Lipinski definition) is 6. The maximum Gasteiger partial charge on any atom is 0.224 e. The average Bonchev–Trinajstić information content (AvgIpc) is 3.31. The Hall–Kier alpha value is -3.75. The first kappa shape index (κ1) is 16.7. The first-order chi connectivity index (χ1) is 13.2. The molecule has 4 rings (SSSR count). The van der Waals surface area contributed by atoms with Crippen LogP contribution in [0.15, 0.2) is 49.4 Å². The summed E-state index contributed by atoms with van der Waals surface area (Å²) in [5.74, 6) is 0.247. The first-order valence-corrected chi connectivity index (χ1v) is 8.48. The number of nitrogens with zero attached hydrogens (tertiary/aromatic N) is 5. The Labute approximate surface area is 154 Å². The average molecular weight is 362 g/mol. The van der Waals surface area contributed by atoms with Gasteiger partial charge in [0.15, 0.2) is 5.82 Å². The summed E-state index contributed by atoms with van der Waals surface area (Å²) >= 11 is 0. The number of pyridine rings is 1. The minimum Gasteiger partial charge on any atom is -0.382 e. The normalized spacial score (nSPS) is 11.0. The lowest BCUT2D eigenvalue weighted by Crippen LogP contribution is -2.27. The van der Waals surface area contributed by atoms with E-state index in [1.807, 2.05) is 18.2 Å². The summed E-state index contributed by atoms with van der Waals surface area (Å²) in [6.07, 6.45) is 9.06. The van der Waals surface area contributed by atoms with Crippen molar-refractivity contribution in [2.75, 3.05) is 12.3 Å². The van der Waals surface area contributed by atoms with E-state index in [0.717, 1.165) is 22.5 Å². The second-order valence-electron chi connectivity index (χ2n) is 6.05. The van der Waals surface area contributed by atoms with Crippen molar-refractivity contribution in [3.8, 4) is 11.3 Å². The molecule has 27 heavy (non-hydrogen) atoms. The van der Waals surface area contributed by atoms with Crippen LogP contribution in [0, 0.1) is 0 Å². The molecule has 0 saturated heterocycles. The number of aromatic nitrogens is 6. The van der Waals surface area contributed by atoms with Crippen LogP contribution in [0.2, 0.25) is 0 Å². The highest BCUT2D eigenvalue weighted by Crippen LogP contribution is 2.27. The number of nitrogens with one attached hydrogen (secondary N) is 2. The number of aromatic amines is 1. The second-order valence-corrected chi connectivity index (χ2v) is 6.05. The molecule has 0 atom stereocenters. The maximum absolute atomic E-state index is 12.4. The van der Waals surface area contributed by atoms with Crippen molar-refractivity contribution >= 4 is 17.2 Å². The van der Waals surface area contributed by atoms with E-state index < -0.39 is 0 Å². The number of carbonyl (C=O) groups excluding carboxylic acids is 1. The van der Waals surface area contributed by atoms with Crippen molar-refractivity contribution in [3.05, 3.63) is 60.7 Å². The third-order valence-electron chi connectivity index (χ3n) is 4.26. The lowest BCUT2D eigenvalue weighted by molar-refractivity contribution is -0.120. The lowest BCUT2D eigenvalue weighted by atomic mass is 10.1. The third kappa shape index (κ3) is 3.47. The molecule has 0 aliphatic rings. The minimum absolute atomic E-state index is 0.0912. The van der Waals surface area contributed by atoms with Crippen molar-refractivity contribution in [3.63, 3.8) is 0 Å². The number of fused-ring (bicyclic) bond motifs is 1. The molecule has 0 fully saturated rings. The van der Waals surface area contributed by atoms with Crippen LogP contribution in [0.1, 0.15) is 11.3 Å². The van der Waals surface area contributed by atoms with Gasteiger partial charge in [-0.2, -0.15) is 5.10 Å². The standard InChI is InChI=1S/C18H18N8O/c19-18-17-13(8-16(27)22-6-3-14-9-21-10-23-14)7-15(26(17)25-11-24-18)12-1-4-20-5-2-12/h1-2,4-5,7,9-11H,3,6,8H2,(H,21,23)(H,22,27)(H2,19,24,25). The molecule has 9 heteroatoms. The van der Waals surface area contributed by atoms with Crippen LogP contribution in [0.5, 0.6) is 0 Å².